The maximum Gasteiger partial charge on any atom is 0.180 e. The molecule has 1 heterocycles. The first-order valence-electron chi connectivity index (χ1n) is 3.64. The van der Waals surface area contributed by atoms with E-state index in [0.717, 1.165) is 10.6 Å². The molecule has 0 radical (unpaired) electrons. The molecule has 1 aromatic rings. The molecule has 0 aliphatic rings. The van der Waals surface area contributed by atoms with Gasteiger partial charge < -0.3 is 16.2 Å². The van der Waals surface area contributed by atoms with Gasteiger partial charge in [0.15, 0.2) is 5.13 Å². The molecular weight excluding hydrogens is 174 g/mol. The number of hydrogen-bond acceptors (Lipinski definition) is 5. The highest BCUT2D eigenvalue weighted by molar-refractivity contribution is 7.15. The molecule has 12 heavy (non-hydrogen) atoms. The highest BCUT2D eigenvalue weighted by atomic mass is 32.1. The SMILES string of the molecule is COC(CN)c1sc(N)nc1C. The number of aryl methyl sites for hydroxylation is 1. The van der Waals surface area contributed by atoms with E-state index in [4.69, 9.17) is 16.2 Å². The van der Waals surface area contributed by atoms with Crippen LogP contribution in [-0.2, 0) is 4.74 Å². The van der Waals surface area contributed by atoms with Gasteiger partial charge in [0.05, 0.1) is 10.6 Å². The lowest BCUT2D eigenvalue weighted by molar-refractivity contribution is 0.113. The summed E-state index contributed by atoms with van der Waals surface area (Å²) in [5.41, 5.74) is 12.0. The van der Waals surface area contributed by atoms with Crippen molar-refractivity contribution in [3.63, 3.8) is 0 Å². The van der Waals surface area contributed by atoms with Crippen LogP contribution in [0.4, 0.5) is 5.13 Å². The van der Waals surface area contributed by atoms with Gasteiger partial charge in [-0.25, -0.2) is 4.98 Å². The molecule has 1 rings (SSSR count). The topological polar surface area (TPSA) is 74.2 Å². The second-order valence-electron chi connectivity index (χ2n) is 2.46. The third-order valence-corrected chi connectivity index (χ3v) is 2.72. The predicted octanol–water partition coefficient (Wildman–Crippen LogP) is 0.680. The molecule has 1 unspecified atom stereocenters. The van der Waals surface area contributed by atoms with E-state index in [0.29, 0.717) is 11.7 Å². The Hall–Kier alpha value is -0.650. The number of rotatable bonds is 3. The fourth-order valence-corrected chi connectivity index (χ4v) is 1.96. The van der Waals surface area contributed by atoms with Crippen LogP contribution in [-0.4, -0.2) is 18.6 Å². The molecule has 0 spiro atoms. The minimum Gasteiger partial charge on any atom is -0.375 e. The van der Waals surface area contributed by atoms with Gasteiger partial charge in [-0.1, -0.05) is 11.3 Å². The summed E-state index contributed by atoms with van der Waals surface area (Å²) in [5, 5.41) is 0.568. The number of nitrogen functional groups attached to an aromatic ring is 1. The Morgan fingerprint density at radius 1 is 1.67 bits per heavy atom. The quantitative estimate of drug-likeness (QED) is 0.729. The highest BCUT2D eigenvalue weighted by Crippen LogP contribution is 2.27. The number of hydrogen-bond donors (Lipinski definition) is 2. The highest BCUT2D eigenvalue weighted by Gasteiger charge is 2.15. The first-order valence-corrected chi connectivity index (χ1v) is 4.46. The third-order valence-electron chi connectivity index (χ3n) is 1.64. The molecule has 0 bridgehead atoms. The van der Waals surface area contributed by atoms with Crippen LogP contribution in [0.1, 0.15) is 16.7 Å². The van der Waals surface area contributed by atoms with Crippen LogP contribution < -0.4 is 11.5 Å². The summed E-state index contributed by atoms with van der Waals surface area (Å²) in [6.07, 6.45) is -0.0696. The van der Waals surface area contributed by atoms with Crippen LogP contribution in [0.3, 0.4) is 0 Å². The van der Waals surface area contributed by atoms with Gasteiger partial charge in [0.25, 0.3) is 0 Å². The van der Waals surface area contributed by atoms with E-state index in [9.17, 15) is 0 Å². The standard InChI is InChI=1S/C7H13N3OS/c1-4-6(5(3-8)11-2)12-7(9)10-4/h5H,3,8H2,1-2H3,(H2,9,10). The smallest absolute Gasteiger partial charge is 0.180 e. The number of aromatic nitrogens is 1. The maximum absolute atomic E-state index is 5.54. The summed E-state index contributed by atoms with van der Waals surface area (Å²) in [6.45, 7) is 2.36. The van der Waals surface area contributed by atoms with E-state index >= 15 is 0 Å². The molecule has 0 saturated heterocycles. The number of nitrogens with two attached hydrogens (primary N) is 2. The number of anilines is 1. The molecule has 68 valence electrons. The number of thiazole rings is 1. The Bertz CT molecular complexity index is 257. The predicted molar refractivity (Wildman–Crippen MR) is 50.1 cm³/mol. The van der Waals surface area contributed by atoms with Crippen LogP contribution in [0.15, 0.2) is 0 Å². The summed E-state index contributed by atoms with van der Waals surface area (Å²) in [7, 11) is 1.63. The molecular formula is C7H13N3OS. The summed E-state index contributed by atoms with van der Waals surface area (Å²) < 4.78 is 5.17. The minimum absolute atomic E-state index is 0.0696. The molecule has 1 aromatic heterocycles. The summed E-state index contributed by atoms with van der Waals surface area (Å²) >= 11 is 1.43. The van der Waals surface area contributed by atoms with Crippen LogP contribution in [0.5, 0.6) is 0 Å². The first kappa shape index (κ1) is 9.44. The lowest BCUT2D eigenvalue weighted by Gasteiger charge is -2.10. The van der Waals surface area contributed by atoms with Crippen molar-refractivity contribution in [2.45, 2.75) is 13.0 Å². The van der Waals surface area contributed by atoms with Crippen molar-refractivity contribution in [1.29, 1.82) is 0 Å². The molecule has 0 aliphatic carbocycles. The van der Waals surface area contributed by atoms with Crippen LogP contribution in [0, 0.1) is 6.92 Å². The zero-order valence-electron chi connectivity index (χ0n) is 7.20. The normalized spacial score (nSPS) is 13.2. The van der Waals surface area contributed by atoms with Crippen LogP contribution in [0.2, 0.25) is 0 Å². The second kappa shape index (κ2) is 3.84. The van der Waals surface area contributed by atoms with Crippen LogP contribution >= 0.6 is 11.3 Å². The molecule has 0 fully saturated rings. The number of methoxy groups -OCH3 is 1. The Kier molecular flexibility index (Phi) is 3.02. The molecule has 5 heteroatoms. The largest absolute Gasteiger partial charge is 0.375 e. The van der Waals surface area contributed by atoms with Crippen molar-refractivity contribution < 1.29 is 4.74 Å². The van der Waals surface area contributed by atoms with Gasteiger partial charge in [0.2, 0.25) is 0 Å². The monoisotopic (exact) mass is 187 g/mol. The summed E-state index contributed by atoms with van der Waals surface area (Å²) in [4.78, 5) is 5.11. The fraction of sp³-hybridized carbons (Fsp3) is 0.571. The van der Waals surface area contributed by atoms with Crippen molar-refractivity contribution in [3.8, 4) is 0 Å². The van der Waals surface area contributed by atoms with E-state index in [-0.39, 0.29) is 6.10 Å². The van der Waals surface area contributed by atoms with Gasteiger partial charge in [0, 0.05) is 13.7 Å². The van der Waals surface area contributed by atoms with Crippen molar-refractivity contribution >= 4 is 16.5 Å². The van der Waals surface area contributed by atoms with E-state index in [2.05, 4.69) is 4.98 Å². The van der Waals surface area contributed by atoms with E-state index < -0.39 is 0 Å². The Labute approximate surface area is 75.5 Å². The maximum atomic E-state index is 5.54. The molecule has 4 nitrogen and oxygen atoms in total. The third kappa shape index (κ3) is 1.74. The van der Waals surface area contributed by atoms with Gasteiger partial charge in [-0.05, 0) is 6.92 Å². The van der Waals surface area contributed by atoms with Gasteiger partial charge >= 0.3 is 0 Å². The Morgan fingerprint density at radius 3 is 2.67 bits per heavy atom. The van der Waals surface area contributed by atoms with Gasteiger partial charge in [-0.2, -0.15) is 0 Å². The fourth-order valence-electron chi connectivity index (χ4n) is 1.04. The molecule has 0 aliphatic heterocycles. The van der Waals surface area contributed by atoms with Gasteiger partial charge in [-0.3, -0.25) is 0 Å². The number of nitrogens with zero attached hydrogens (tertiary/aromatic N) is 1. The second-order valence-corrected chi connectivity index (χ2v) is 3.52. The van der Waals surface area contributed by atoms with Crippen molar-refractivity contribution in [3.05, 3.63) is 10.6 Å². The minimum atomic E-state index is -0.0696. The zero-order chi connectivity index (χ0) is 9.14. The van der Waals surface area contributed by atoms with E-state index in [1.165, 1.54) is 11.3 Å². The van der Waals surface area contributed by atoms with Gasteiger partial charge in [-0.15, -0.1) is 0 Å². The van der Waals surface area contributed by atoms with E-state index in [1.54, 1.807) is 7.11 Å². The molecule has 0 amide bonds. The average Bonchev–Trinajstić information content (AvgIpc) is 2.34. The number of ether oxygens (including phenoxy) is 1. The van der Waals surface area contributed by atoms with Crippen molar-refractivity contribution in [1.82, 2.24) is 4.98 Å². The lowest BCUT2D eigenvalue weighted by atomic mass is 10.2. The summed E-state index contributed by atoms with van der Waals surface area (Å²) in [6, 6.07) is 0. The molecule has 0 saturated carbocycles. The van der Waals surface area contributed by atoms with Gasteiger partial charge in [0.1, 0.15) is 6.10 Å². The summed E-state index contributed by atoms with van der Waals surface area (Å²) in [5.74, 6) is 0. The molecule has 1 atom stereocenters. The van der Waals surface area contributed by atoms with Crippen molar-refractivity contribution in [2.75, 3.05) is 19.4 Å². The Morgan fingerprint density at radius 2 is 2.33 bits per heavy atom. The molecule has 0 aromatic carbocycles. The molecule has 4 N–H and O–H groups in total. The van der Waals surface area contributed by atoms with Crippen LogP contribution in [0.25, 0.3) is 0 Å². The first-order chi connectivity index (χ1) is 5.69. The zero-order valence-corrected chi connectivity index (χ0v) is 8.02. The average molecular weight is 187 g/mol. The Balaban J connectivity index is 2.91. The lowest BCUT2D eigenvalue weighted by Crippen LogP contribution is -2.13. The van der Waals surface area contributed by atoms with E-state index in [1.807, 2.05) is 6.92 Å². The van der Waals surface area contributed by atoms with Crippen molar-refractivity contribution in [2.24, 2.45) is 5.73 Å².